The fourth-order valence-electron chi connectivity index (χ4n) is 5.50. The van der Waals surface area contributed by atoms with Crippen LogP contribution in [0.4, 0.5) is 14.5 Å². The van der Waals surface area contributed by atoms with Gasteiger partial charge in [0.05, 0.1) is 29.4 Å². The van der Waals surface area contributed by atoms with Crippen molar-refractivity contribution in [2.24, 2.45) is 0 Å². The first-order chi connectivity index (χ1) is 21.4. The molecule has 0 aliphatic rings. The Balaban J connectivity index is 1.58. The fourth-order valence-corrected chi connectivity index (χ4v) is 6.01. The van der Waals surface area contributed by atoms with E-state index in [1.54, 1.807) is 62.5 Å². The molecule has 230 valence electrons. The van der Waals surface area contributed by atoms with E-state index in [1.807, 2.05) is 6.07 Å². The van der Waals surface area contributed by atoms with Crippen LogP contribution in [0.15, 0.2) is 88.1 Å². The Morgan fingerprint density at radius 3 is 2.20 bits per heavy atom. The summed E-state index contributed by atoms with van der Waals surface area (Å²) in [5, 5.41) is 4.24. The van der Waals surface area contributed by atoms with Gasteiger partial charge in [0.25, 0.3) is 5.56 Å². The number of benzene rings is 4. The van der Waals surface area contributed by atoms with Gasteiger partial charge in [0.2, 0.25) is 10.0 Å². The average Bonchev–Trinajstić information content (AvgIpc) is 3.36. The lowest BCUT2D eigenvalue weighted by Crippen LogP contribution is -2.25. The largest absolute Gasteiger partial charge is 0.456 e. The number of nitrogens with zero attached hydrogens (tertiary/aromatic N) is 3. The average molecular weight is 629 g/mol. The highest BCUT2D eigenvalue weighted by molar-refractivity contribution is 7.92. The van der Waals surface area contributed by atoms with E-state index in [1.165, 1.54) is 40.2 Å². The number of hydrogen-bond acceptors (Lipinski definition) is 6. The van der Waals surface area contributed by atoms with Gasteiger partial charge in [0.15, 0.2) is 0 Å². The van der Waals surface area contributed by atoms with Gasteiger partial charge in [-0.2, -0.15) is 0 Å². The van der Waals surface area contributed by atoms with Crippen LogP contribution in [0.2, 0.25) is 0 Å². The van der Waals surface area contributed by atoms with Crippen LogP contribution in [-0.4, -0.2) is 38.3 Å². The zero-order chi connectivity index (χ0) is 32.0. The number of aryl methyl sites for hydroxylation is 1. The second-order valence-electron chi connectivity index (χ2n) is 11.0. The minimum Gasteiger partial charge on any atom is -0.456 e. The van der Waals surface area contributed by atoms with Crippen molar-refractivity contribution >= 4 is 37.6 Å². The van der Waals surface area contributed by atoms with Crippen LogP contribution in [-0.2, 0) is 23.1 Å². The second kappa shape index (κ2) is 11.6. The third-order valence-electron chi connectivity index (χ3n) is 7.92. The van der Waals surface area contributed by atoms with Gasteiger partial charge in [-0.25, -0.2) is 22.2 Å². The Morgan fingerprint density at radius 2 is 1.56 bits per heavy atom. The highest BCUT2D eigenvalue weighted by Gasteiger charge is 2.23. The van der Waals surface area contributed by atoms with Crippen molar-refractivity contribution in [3.63, 3.8) is 0 Å². The predicted octanol–water partition coefficient (Wildman–Crippen LogP) is 6.23. The van der Waals surface area contributed by atoms with Gasteiger partial charge in [-0.05, 0) is 79.7 Å². The Hall–Kier alpha value is -4.87. The molecule has 45 heavy (non-hydrogen) atoms. The lowest BCUT2D eigenvalue weighted by atomic mass is 9.97. The van der Waals surface area contributed by atoms with E-state index in [4.69, 9.17) is 4.42 Å². The molecule has 1 N–H and O–H groups in total. The summed E-state index contributed by atoms with van der Waals surface area (Å²) in [5.74, 6) is 0.302. The number of rotatable bonds is 8. The molecule has 0 radical (unpaired) electrons. The van der Waals surface area contributed by atoms with E-state index < -0.39 is 10.0 Å². The van der Waals surface area contributed by atoms with Gasteiger partial charge in [-0.15, -0.1) is 0 Å². The minimum atomic E-state index is -3.69. The van der Waals surface area contributed by atoms with E-state index in [0.717, 1.165) is 22.8 Å². The number of nitrogens with one attached hydrogen (secondary N) is 1. The topological polar surface area (TPSA) is 97.4 Å². The van der Waals surface area contributed by atoms with Gasteiger partial charge in [-0.1, -0.05) is 18.2 Å². The Kier molecular flexibility index (Phi) is 7.75. The maximum absolute atomic E-state index is 13.8. The molecule has 0 amide bonds. The predicted molar refractivity (Wildman–Crippen MR) is 173 cm³/mol. The molecule has 6 rings (SSSR count). The van der Waals surface area contributed by atoms with Crippen molar-refractivity contribution in [3.05, 3.63) is 118 Å². The highest BCUT2D eigenvalue weighted by Crippen LogP contribution is 2.41. The van der Waals surface area contributed by atoms with Crippen LogP contribution >= 0.6 is 0 Å². The quantitative estimate of drug-likeness (QED) is 0.215. The molecular formula is C34H30F2N4O4S. The number of sulfonamides is 1. The van der Waals surface area contributed by atoms with Crippen LogP contribution in [0.3, 0.4) is 0 Å². The first-order valence-electron chi connectivity index (χ1n) is 14.1. The van der Waals surface area contributed by atoms with Crippen molar-refractivity contribution < 1.29 is 21.6 Å². The summed E-state index contributed by atoms with van der Waals surface area (Å²) < 4.78 is 61.8. The van der Waals surface area contributed by atoms with Gasteiger partial charge >= 0.3 is 0 Å². The van der Waals surface area contributed by atoms with Crippen LogP contribution in [0.1, 0.15) is 17.0 Å². The van der Waals surface area contributed by atoms with Gasteiger partial charge in [0, 0.05) is 41.7 Å². The SMILES string of the molecule is CNCc1c(-c2ccc(F)cc2)oc2cc(N(C)S(C)(=O)=O)c(-c3ccc4nc(C)n(Cc5ccc(F)cc5)c(=O)c4c3)cc12. The third kappa shape index (κ3) is 5.72. The molecule has 2 heterocycles. The van der Waals surface area contributed by atoms with Gasteiger partial charge in [-0.3, -0.25) is 13.7 Å². The molecule has 4 aromatic carbocycles. The Morgan fingerprint density at radius 1 is 0.911 bits per heavy atom. The molecule has 6 aromatic rings. The first-order valence-corrected chi connectivity index (χ1v) is 16.0. The smallest absolute Gasteiger partial charge is 0.261 e. The zero-order valence-electron chi connectivity index (χ0n) is 25.1. The van der Waals surface area contributed by atoms with Crippen LogP contribution in [0.5, 0.6) is 0 Å². The summed E-state index contributed by atoms with van der Waals surface area (Å²) in [6, 6.07) is 20.7. The monoisotopic (exact) mass is 628 g/mol. The summed E-state index contributed by atoms with van der Waals surface area (Å²) >= 11 is 0. The highest BCUT2D eigenvalue weighted by atomic mass is 32.2. The summed E-state index contributed by atoms with van der Waals surface area (Å²) in [6.45, 7) is 2.38. The summed E-state index contributed by atoms with van der Waals surface area (Å²) in [6.07, 6.45) is 1.11. The lowest BCUT2D eigenvalue weighted by Gasteiger charge is -2.21. The van der Waals surface area contributed by atoms with E-state index in [9.17, 15) is 22.0 Å². The molecule has 0 aliphatic heterocycles. The maximum atomic E-state index is 13.8. The molecule has 0 saturated carbocycles. The van der Waals surface area contributed by atoms with Crippen molar-refractivity contribution in [2.45, 2.75) is 20.0 Å². The number of fused-ring (bicyclic) bond motifs is 2. The normalized spacial score (nSPS) is 11.9. The summed E-state index contributed by atoms with van der Waals surface area (Å²) in [4.78, 5) is 18.5. The van der Waals surface area contributed by atoms with Crippen LogP contribution in [0, 0.1) is 18.6 Å². The van der Waals surface area contributed by atoms with Gasteiger partial charge < -0.3 is 9.73 Å². The molecule has 0 spiro atoms. The molecule has 8 nitrogen and oxygen atoms in total. The van der Waals surface area contributed by atoms with E-state index in [0.29, 0.717) is 57.0 Å². The summed E-state index contributed by atoms with van der Waals surface area (Å²) in [5.41, 5.74) is 4.42. The number of aromatic nitrogens is 2. The number of anilines is 1. The van der Waals surface area contributed by atoms with Crippen LogP contribution in [0.25, 0.3) is 44.3 Å². The van der Waals surface area contributed by atoms with Crippen molar-refractivity contribution in [1.29, 1.82) is 0 Å². The molecule has 0 bridgehead atoms. The first kappa shape index (κ1) is 30.2. The van der Waals surface area contributed by atoms with Crippen molar-refractivity contribution in [3.8, 4) is 22.5 Å². The molecule has 0 aliphatic carbocycles. The Labute approximate surface area is 258 Å². The van der Waals surface area contributed by atoms with Crippen molar-refractivity contribution in [2.75, 3.05) is 24.7 Å². The molecule has 0 unspecified atom stereocenters. The van der Waals surface area contributed by atoms with Gasteiger partial charge in [0.1, 0.15) is 28.8 Å². The molecule has 11 heteroatoms. The summed E-state index contributed by atoms with van der Waals surface area (Å²) in [7, 11) is -0.434. The second-order valence-corrected chi connectivity index (χ2v) is 13.0. The molecule has 0 atom stereocenters. The molecule has 0 fully saturated rings. The fraction of sp³-hybridized carbons (Fsp3) is 0.176. The molecular weight excluding hydrogens is 598 g/mol. The third-order valence-corrected chi connectivity index (χ3v) is 9.11. The lowest BCUT2D eigenvalue weighted by molar-refractivity contribution is 0.600. The van der Waals surface area contributed by atoms with E-state index in [-0.39, 0.29) is 23.7 Å². The molecule has 2 aromatic heterocycles. The van der Waals surface area contributed by atoms with E-state index in [2.05, 4.69) is 10.3 Å². The number of hydrogen-bond donors (Lipinski definition) is 1. The van der Waals surface area contributed by atoms with E-state index >= 15 is 0 Å². The standard InChI is InChI=1S/C34H30F2N4O4S/c1-20-38-30-14-9-23(15-28(30)34(41)40(20)19-21-5-10-24(35)11-6-21)26-16-27-29(18-37-2)33(22-7-12-25(36)13-8-22)44-32(27)17-31(26)39(3)45(4,42)43/h5-17,37H,18-19H2,1-4H3. The zero-order valence-corrected chi connectivity index (χ0v) is 25.9. The maximum Gasteiger partial charge on any atom is 0.261 e. The Bertz CT molecular complexity index is 2240. The number of halogens is 2. The number of furan rings is 1. The van der Waals surface area contributed by atoms with Crippen molar-refractivity contribution in [1.82, 2.24) is 14.9 Å². The minimum absolute atomic E-state index is 0.209. The molecule has 0 saturated heterocycles. The van der Waals surface area contributed by atoms with Crippen LogP contribution < -0.4 is 15.2 Å².